The Balaban J connectivity index is 1.41. The molecule has 4 aromatic rings. The van der Waals surface area contributed by atoms with Gasteiger partial charge < -0.3 is 25.4 Å². The maximum atomic E-state index is 12.4. The van der Waals surface area contributed by atoms with Crippen LogP contribution in [-0.2, 0) is 16.1 Å². The van der Waals surface area contributed by atoms with E-state index in [1.165, 1.54) is 0 Å². The molecule has 204 valence electrons. The number of benzene rings is 2. The molecule has 0 aliphatic rings. The molecule has 0 spiro atoms. The summed E-state index contributed by atoms with van der Waals surface area (Å²) in [5.41, 5.74) is 4.19. The van der Waals surface area contributed by atoms with Crippen LogP contribution in [0.4, 0.5) is 16.4 Å². The third-order valence-electron chi connectivity index (χ3n) is 5.46. The van der Waals surface area contributed by atoms with E-state index >= 15 is 0 Å². The molecule has 2 amide bonds. The molecular weight excluding hydrogens is 518 g/mol. The van der Waals surface area contributed by atoms with E-state index in [1.807, 2.05) is 44.2 Å². The van der Waals surface area contributed by atoms with Crippen LogP contribution in [0.2, 0.25) is 0 Å². The highest BCUT2D eigenvalue weighted by atomic mass is 32.1. The van der Waals surface area contributed by atoms with E-state index in [1.54, 1.807) is 45.4 Å². The molecule has 0 fully saturated rings. The van der Waals surface area contributed by atoms with Crippen LogP contribution < -0.4 is 20.7 Å². The number of aryl methyl sites for hydroxylation is 2. The molecule has 0 saturated heterocycles. The average Bonchev–Trinajstić information content (AvgIpc) is 3.27. The summed E-state index contributed by atoms with van der Waals surface area (Å²) in [5.74, 6) is 0.783. The maximum absolute atomic E-state index is 12.4. The first kappa shape index (κ1) is 27.7. The molecular formula is C27H31N7O4S. The SMILES string of the molecule is COc1ccc2sc(CNc3nncc(-c4c(C)cc(NC(=O)CNC(=O)OC(C)(C)C)cc4C)n3)nc2c1. The Bertz CT molecular complexity index is 1490. The topological polar surface area (TPSA) is 140 Å². The predicted molar refractivity (Wildman–Crippen MR) is 151 cm³/mol. The molecule has 3 N–H and O–H groups in total. The van der Waals surface area contributed by atoms with Crippen molar-refractivity contribution >= 4 is 45.2 Å². The van der Waals surface area contributed by atoms with Gasteiger partial charge in [-0.1, -0.05) is 0 Å². The van der Waals surface area contributed by atoms with Crippen LogP contribution >= 0.6 is 11.3 Å². The van der Waals surface area contributed by atoms with Gasteiger partial charge in [0.25, 0.3) is 0 Å². The second kappa shape index (κ2) is 11.6. The first-order chi connectivity index (χ1) is 18.5. The second-order valence-electron chi connectivity index (χ2n) is 9.85. The number of rotatable bonds is 8. The lowest BCUT2D eigenvalue weighted by Crippen LogP contribution is -2.37. The fraction of sp³-hybridized carbons (Fsp3) is 0.333. The molecule has 0 aliphatic carbocycles. The minimum Gasteiger partial charge on any atom is -0.497 e. The van der Waals surface area contributed by atoms with Gasteiger partial charge in [-0.2, -0.15) is 5.10 Å². The summed E-state index contributed by atoms with van der Waals surface area (Å²) >= 11 is 1.58. The summed E-state index contributed by atoms with van der Waals surface area (Å²) < 4.78 is 11.5. The molecule has 0 unspecified atom stereocenters. The van der Waals surface area contributed by atoms with Gasteiger partial charge in [0.1, 0.15) is 22.9 Å². The molecule has 11 nitrogen and oxygen atoms in total. The van der Waals surface area contributed by atoms with Crippen molar-refractivity contribution in [2.75, 3.05) is 24.3 Å². The zero-order valence-corrected chi connectivity index (χ0v) is 23.5. The van der Waals surface area contributed by atoms with Crippen molar-refractivity contribution in [1.29, 1.82) is 0 Å². The van der Waals surface area contributed by atoms with Crippen LogP contribution in [0.15, 0.2) is 36.5 Å². The number of hydrogen-bond acceptors (Lipinski definition) is 10. The van der Waals surface area contributed by atoms with Gasteiger partial charge >= 0.3 is 6.09 Å². The number of aromatic nitrogens is 4. The van der Waals surface area contributed by atoms with Crippen molar-refractivity contribution in [2.45, 2.75) is 46.8 Å². The molecule has 39 heavy (non-hydrogen) atoms. The number of carbonyl (C=O) groups is 2. The zero-order valence-electron chi connectivity index (χ0n) is 22.7. The third kappa shape index (κ3) is 7.38. The molecule has 0 saturated carbocycles. The minimum absolute atomic E-state index is 0.207. The molecule has 12 heteroatoms. The Hall–Kier alpha value is -4.32. The van der Waals surface area contributed by atoms with Gasteiger partial charge in [-0.15, -0.1) is 16.4 Å². The van der Waals surface area contributed by atoms with Crippen LogP contribution in [0.25, 0.3) is 21.5 Å². The average molecular weight is 550 g/mol. The van der Waals surface area contributed by atoms with Gasteiger partial charge in [0.05, 0.1) is 35.8 Å². The Labute approximate surface area is 230 Å². The Morgan fingerprint density at radius 1 is 1.05 bits per heavy atom. The first-order valence-corrected chi connectivity index (χ1v) is 13.1. The highest BCUT2D eigenvalue weighted by molar-refractivity contribution is 7.18. The first-order valence-electron chi connectivity index (χ1n) is 12.3. The molecule has 0 atom stereocenters. The van der Waals surface area contributed by atoms with Crippen molar-refractivity contribution in [3.05, 3.63) is 52.7 Å². The molecule has 4 rings (SSSR count). The van der Waals surface area contributed by atoms with Crippen LogP contribution in [0.5, 0.6) is 5.75 Å². The molecule has 2 aromatic carbocycles. The van der Waals surface area contributed by atoms with E-state index in [9.17, 15) is 9.59 Å². The van der Waals surface area contributed by atoms with Gasteiger partial charge in [-0.25, -0.2) is 14.8 Å². The highest BCUT2D eigenvalue weighted by Gasteiger charge is 2.17. The monoisotopic (exact) mass is 549 g/mol. The molecule has 0 bridgehead atoms. The lowest BCUT2D eigenvalue weighted by molar-refractivity contribution is -0.115. The van der Waals surface area contributed by atoms with Gasteiger partial charge in [0, 0.05) is 17.3 Å². The normalized spacial score (nSPS) is 11.2. The summed E-state index contributed by atoms with van der Waals surface area (Å²) in [5, 5.41) is 17.6. The highest BCUT2D eigenvalue weighted by Crippen LogP contribution is 2.29. The van der Waals surface area contributed by atoms with E-state index in [2.05, 4.69) is 36.1 Å². The van der Waals surface area contributed by atoms with E-state index < -0.39 is 11.7 Å². The Morgan fingerprint density at radius 3 is 2.49 bits per heavy atom. The standard InChI is InChI=1S/C27H31N7O4S/c1-15-9-17(31-22(35)13-29-26(36)38-27(3,4)5)10-16(2)24(15)20-12-30-34-25(33-20)28-14-23-32-19-11-18(37-6)7-8-21(19)39-23/h7-12H,13-14H2,1-6H3,(H,29,36)(H,31,35)(H,28,33,34). The quantitative estimate of drug-likeness (QED) is 0.281. The molecule has 2 heterocycles. The summed E-state index contributed by atoms with van der Waals surface area (Å²) in [6.07, 6.45) is 0.956. The molecule has 2 aromatic heterocycles. The lowest BCUT2D eigenvalue weighted by atomic mass is 9.99. The fourth-order valence-electron chi connectivity index (χ4n) is 3.92. The third-order valence-corrected chi connectivity index (χ3v) is 6.50. The van der Waals surface area contributed by atoms with Gasteiger partial charge in [0.15, 0.2) is 0 Å². The number of methoxy groups -OCH3 is 1. The number of fused-ring (bicyclic) bond motifs is 1. The van der Waals surface area contributed by atoms with E-state index in [0.717, 1.165) is 37.7 Å². The summed E-state index contributed by atoms with van der Waals surface area (Å²) in [4.78, 5) is 33.5. The number of carbonyl (C=O) groups excluding carboxylic acids is 2. The fourth-order valence-corrected chi connectivity index (χ4v) is 4.81. The van der Waals surface area contributed by atoms with Crippen molar-refractivity contribution in [2.24, 2.45) is 0 Å². The van der Waals surface area contributed by atoms with E-state index in [0.29, 0.717) is 23.9 Å². The number of anilines is 2. The van der Waals surface area contributed by atoms with Crippen LogP contribution in [0.1, 0.15) is 36.9 Å². The van der Waals surface area contributed by atoms with E-state index in [-0.39, 0.29) is 12.5 Å². The second-order valence-corrected chi connectivity index (χ2v) is 11.0. The van der Waals surface area contributed by atoms with Gasteiger partial charge in [-0.05, 0) is 70.0 Å². The lowest BCUT2D eigenvalue weighted by Gasteiger charge is -2.19. The Morgan fingerprint density at radius 2 is 1.79 bits per heavy atom. The van der Waals surface area contributed by atoms with Crippen molar-refractivity contribution in [3.63, 3.8) is 0 Å². The summed E-state index contributed by atoms with van der Waals surface area (Å²) in [6.45, 7) is 9.38. The van der Waals surface area contributed by atoms with Crippen molar-refractivity contribution < 1.29 is 19.1 Å². The van der Waals surface area contributed by atoms with E-state index in [4.69, 9.17) is 9.47 Å². The van der Waals surface area contributed by atoms with Gasteiger partial charge in [-0.3, -0.25) is 4.79 Å². The Kier molecular flexibility index (Phi) is 8.24. The maximum Gasteiger partial charge on any atom is 0.408 e. The largest absolute Gasteiger partial charge is 0.497 e. The van der Waals surface area contributed by atoms with Crippen LogP contribution in [0, 0.1) is 13.8 Å². The number of amides is 2. The number of hydrogen-bond donors (Lipinski definition) is 3. The minimum atomic E-state index is -0.649. The number of thiazole rings is 1. The molecule has 0 aliphatic heterocycles. The number of nitrogens with one attached hydrogen (secondary N) is 3. The number of alkyl carbamates (subject to hydrolysis) is 1. The van der Waals surface area contributed by atoms with Crippen LogP contribution in [0.3, 0.4) is 0 Å². The van der Waals surface area contributed by atoms with Gasteiger partial charge in [0.2, 0.25) is 11.9 Å². The smallest absolute Gasteiger partial charge is 0.408 e. The van der Waals surface area contributed by atoms with Crippen molar-refractivity contribution in [3.8, 4) is 17.0 Å². The summed E-state index contributed by atoms with van der Waals surface area (Å²) in [6, 6.07) is 9.50. The summed E-state index contributed by atoms with van der Waals surface area (Å²) in [7, 11) is 1.63. The number of ether oxygens (including phenoxy) is 2. The number of nitrogens with zero attached hydrogens (tertiary/aromatic N) is 4. The zero-order chi connectivity index (χ0) is 28.2. The molecule has 0 radical (unpaired) electrons. The van der Waals surface area contributed by atoms with Crippen LogP contribution in [-0.4, -0.2) is 51.4 Å². The van der Waals surface area contributed by atoms with Crippen molar-refractivity contribution in [1.82, 2.24) is 25.5 Å². The predicted octanol–water partition coefficient (Wildman–Crippen LogP) is 4.85.